The molecular weight excluding hydrogens is 338 g/mol. The molecule has 3 N–H and O–H groups in total. The highest BCUT2D eigenvalue weighted by molar-refractivity contribution is 5.89. The SMILES string of the molecule is COc1ccc2[nH]cc(CCNc3ccc(C(=O)O)cc3[N+](=O)[O-])c2c1. The number of fused-ring (bicyclic) bond motifs is 1. The number of hydrogen-bond donors (Lipinski definition) is 3. The highest BCUT2D eigenvalue weighted by Gasteiger charge is 2.17. The summed E-state index contributed by atoms with van der Waals surface area (Å²) < 4.78 is 5.24. The number of hydrogen-bond acceptors (Lipinski definition) is 5. The van der Waals surface area contributed by atoms with Crippen molar-refractivity contribution in [3.8, 4) is 5.75 Å². The van der Waals surface area contributed by atoms with E-state index >= 15 is 0 Å². The van der Waals surface area contributed by atoms with Crippen molar-refractivity contribution in [2.75, 3.05) is 19.0 Å². The van der Waals surface area contributed by atoms with Crippen molar-refractivity contribution in [2.24, 2.45) is 0 Å². The Morgan fingerprint density at radius 3 is 2.81 bits per heavy atom. The zero-order valence-corrected chi connectivity index (χ0v) is 14.0. The van der Waals surface area contributed by atoms with Crippen LogP contribution in [0, 0.1) is 10.1 Å². The average molecular weight is 355 g/mol. The van der Waals surface area contributed by atoms with Crippen molar-refractivity contribution in [1.82, 2.24) is 4.98 Å². The molecule has 2 aromatic carbocycles. The van der Waals surface area contributed by atoms with E-state index in [-0.39, 0.29) is 16.9 Å². The normalized spacial score (nSPS) is 10.7. The molecule has 26 heavy (non-hydrogen) atoms. The van der Waals surface area contributed by atoms with E-state index in [0.29, 0.717) is 13.0 Å². The molecule has 134 valence electrons. The number of ether oxygens (including phenoxy) is 1. The van der Waals surface area contributed by atoms with Crippen LogP contribution in [0.5, 0.6) is 5.75 Å². The van der Waals surface area contributed by atoms with Gasteiger partial charge >= 0.3 is 5.97 Å². The number of benzene rings is 2. The maximum Gasteiger partial charge on any atom is 0.335 e. The molecule has 0 saturated heterocycles. The van der Waals surface area contributed by atoms with Crippen molar-refractivity contribution in [3.05, 3.63) is 63.8 Å². The van der Waals surface area contributed by atoms with Crippen LogP contribution < -0.4 is 10.1 Å². The Morgan fingerprint density at radius 1 is 1.31 bits per heavy atom. The van der Waals surface area contributed by atoms with Gasteiger partial charge in [0.15, 0.2) is 0 Å². The summed E-state index contributed by atoms with van der Waals surface area (Å²) in [4.78, 5) is 24.8. The molecule has 0 fully saturated rings. The predicted molar refractivity (Wildman–Crippen MR) is 97.1 cm³/mol. The number of H-pyrrole nitrogens is 1. The van der Waals surface area contributed by atoms with Crippen molar-refractivity contribution in [2.45, 2.75) is 6.42 Å². The number of aromatic nitrogens is 1. The van der Waals surface area contributed by atoms with Gasteiger partial charge in [0.25, 0.3) is 5.69 Å². The first-order chi connectivity index (χ1) is 12.5. The lowest BCUT2D eigenvalue weighted by molar-refractivity contribution is -0.384. The third kappa shape index (κ3) is 3.44. The molecule has 0 amide bonds. The number of anilines is 1. The van der Waals surface area contributed by atoms with Crippen LogP contribution in [-0.4, -0.2) is 34.6 Å². The fraction of sp³-hybridized carbons (Fsp3) is 0.167. The summed E-state index contributed by atoms with van der Waals surface area (Å²) >= 11 is 0. The number of carboxylic acids is 1. The van der Waals surface area contributed by atoms with E-state index in [1.165, 1.54) is 12.1 Å². The standard InChI is InChI=1S/C18H17N3O5/c1-26-13-3-5-15-14(9-13)12(10-20-15)6-7-19-16-4-2-11(18(22)23)8-17(16)21(24)25/h2-5,8-10,19-20H,6-7H2,1H3,(H,22,23). The molecule has 0 saturated carbocycles. The maximum absolute atomic E-state index is 11.2. The van der Waals surface area contributed by atoms with Crippen molar-refractivity contribution < 1.29 is 19.6 Å². The molecule has 8 heteroatoms. The molecule has 0 radical (unpaired) electrons. The monoisotopic (exact) mass is 355 g/mol. The number of aromatic carboxylic acids is 1. The maximum atomic E-state index is 11.2. The van der Waals surface area contributed by atoms with Gasteiger partial charge in [0, 0.05) is 29.7 Å². The van der Waals surface area contributed by atoms with Crippen LogP contribution >= 0.6 is 0 Å². The van der Waals surface area contributed by atoms with E-state index in [1.807, 2.05) is 24.4 Å². The average Bonchev–Trinajstić information content (AvgIpc) is 3.03. The fourth-order valence-electron chi connectivity index (χ4n) is 2.79. The van der Waals surface area contributed by atoms with E-state index in [0.717, 1.165) is 28.3 Å². The first-order valence-corrected chi connectivity index (χ1v) is 7.89. The number of nitro benzene ring substituents is 1. The molecule has 0 spiro atoms. The number of nitrogens with one attached hydrogen (secondary N) is 2. The first kappa shape index (κ1) is 17.3. The van der Waals surface area contributed by atoms with Gasteiger partial charge in [0.1, 0.15) is 11.4 Å². The summed E-state index contributed by atoms with van der Waals surface area (Å²) in [5.41, 5.74) is 1.95. The number of carboxylic acid groups (broad SMARTS) is 1. The number of nitrogens with zero attached hydrogens (tertiary/aromatic N) is 1. The number of aromatic amines is 1. The lowest BCUT2D eigenvalue weighted by atomic mass is 10.1. The van der Waals surface area contributed by atoms with Crippen LogP contribution in [0.15, 0.2) is 42.6 Å². The lowest BCUT2D eigenvalue weighted by Crippen LogP contribution is -2.08. The molecule has 0 aliphatic heterocycles. The fourth-order valence-corrected chi connectivity index (χ4v) is 2.79. The van der Waals surface area contributed by atoms with Gasteiger partial charge in [-0.1, -0.05) is 0 Å². The molecule has 1 aromatic heterocycles. The molecule has 3 rings (SSSR count). The first-order valence-electron chi connectivity index (χ1n) is 7.89. The molecule has 0 atom stereocenters. The Kier molecular flexibility index (Phi) is 4.74. The molecule has 0 bridgehead atoms. The largest absolute Gasteiger partial charge is 0.497 e. The number of methoxy groups -OCH3 is 1. The van der Waals surface area contributed by atoms with Crippen LogP contribution in [0.1, 0.15) is 15.9 Å². The van der Waals surface area contributed by atoms with Crippen LogP contribution in [-0.2, 0) is 6.42 Å². The highest BCUT2D eigenvalue weighted by Crippen LogP contribution is 2.27. The minimum atomic E-state index is -1.20. The lowest BCUT2D eigenvalue weighted by Gasteiger charge is -2.08. The van der Waals surface area contributed by atoms with Gasteiger partial charge in [-0.3, -0.25) is 10.1 Å². The summed E-state index contributed by atoms with van der Waals surface area (Å²) in [5.74, 6) is -0.446. The third-order valence-corrected chi connectivity index (χ3v) is 4.13. The van der Waals surface area contributed by atoms with E-state index < -0.39 is 10.9 Å². The minimum absolute atomic E-state index is 0.119. The highest BCUT2D eigenvalue weighted by atomic mass is 16.6. The Balaban J connectivity index is 1.76. The van der Waals surface area contributed by atoms with Crippen LogP contribution in [0.3, 0.4) is 0 Å². The van der Waals surface area contributed by atoms with Gasteiger partial charge in [-0.05, 0) is 42.3 Å². The second kappa shape index (κ2) is 7.14. The van der Waals surface area contributed by atoms with Gasteiger partial charge < -0.3 is 20.1 Å². The Hall–Kier alpha value is -3.55. The topological polar surface area (TPSA) is 117 Å². The predicted octanol–water partition coefficient (Wildman–Crippen LogP) is 3.44. The van der Waals surface area contributed by atoms with Crippen LogP contribution in [0.4, 0.5) is 11.4 Å². The summed E-state index contributed by atoms with van der Waals surface area (Å²) in [6.45, 7) is 0.456. The zero-order chi connectivity index (χ0) is 18.7. The molecule has 0 unspecified atom stereocenters. The van der Waals surface area contributed by atoms with Crippen LogP contribution in [0.25, 0.3) is 10.9 Å². The summed E-state index contributed by atoms with van der Waals surface area (Å²) in [6.07, 6.45) is 2.53. The molecular formula is C18H17N3O5. The zero-order valence-electron chi connectivity index (χ0n) is 14.0. The number of nitro groups is 1. The van der Waals surface area contributed by atoms with Gasteiger partial charge in [0.05, 0.1) is 17.6 Å². The van der Waals surface area contributed by atoms with Gasteiger partial charge in [-0.25, -0.2) is 4.79 Å². The number of rotatable bonds is 7. The smallest absolute Gasteiger partial charge is 0.335 e. The van der Waals surface area contributed by atoms with Crippen LogP contribution in [0.2, 0.25) is 0 Å². The summed E-state index contributed by atoms with van der Waals surface area (Å²) in [5, 5.41) is 24.2. The van der Waals surface area contributed by atoms with Gasteiger partial charge in [-0.15, -0.1) is 0 Å². The molecule has 8 nitrogen and oxygen atoms in total. The van der Waals surface area contributed by atoms with E-state index in [1.54, 1.807) is 7.11 Å². The molecule has 0 aliphatic carbocycles. The Bertz CT molecular complexity index is 980. The van der Waals surface area contributed by atoms with E-state index in [9.17, 15) is 14.9 Å². The van der Waals surface area contributed by atoms with Crippen molar-refractivity contribution in [3.63, 3.8) is 0 Å². The van der Waals surface area contributed by atoms with Gasteiger partial charge in [0.2, 0.25) is 0 Å². The molecule has 3 aromatic rings. The van der Waals surface area contributed by atoms with Gasteiger partial charge in [-0.2, -0.15) is 0 Å². The quantitative estimate of drug-likeness (QED) is 0.441. The van der Waals surface area contributed by atoms with Crippen molar-refractivity contribution >= 4 is 28.2 Å². The molecule has 0 aliphatic rings. The molecule has 1 heterocycles. The Labute approximate surface area is 148 Å². The third-order valence-electron chi connectivity index (χ3n) is 4.13. The summed E-state index contributed by atoms with van der Waals surface area (Å²) in [6, 6.07) is 9.55. The Morgan fingerprint density at radius 2 is 2.12 bits per heavy atom. The summed E-state index contributed by atoms with van der Waals surface area (Å²) in [7, 11) is 1.61. The minimum Gasteiger partial charge on any atom is -0.497 e. The number of carbonyl (C=O) groups is 1. The second-order valence-corrected chi connectivity index (χ2v) is 5.70. The van der Waals surface area contributed by atoms with Crippen molar-refractivity contribution in [1.29, 1.82) is 0 Å². The second-order valence-electron chi connectivity index (χ2n) is 5.70. The van der Waals surface area contributed by atoms with E-state index in [2.05, 4.69) is 10.3 Å². The van der Waals surface area contributed by atoms with E-state index in [4.69, 9.17) is 9.84 Å².